The molecule has 0 spiro atoms. The topological polar surface area (TPSA) is 113 Å². The summed E-state index contributed by atoms with van der Waals surface area (Å²) in [4.78, 5) is 33.0. The second-order valence-electron chi connectivity index (χ2n) is 3.91. The van der Waals surface area contributed by atoms with Gasteiger partial charge in [-0.25, -0.2) is 9.18 Å². The number of halogens is 1. The van der Waals surface area contributed by atoms with Crippen LogP contribution in [0.1, 0.15) is 10.4 Å². The van der Waals surface area contributed by atoms with Crippen LogP contribution in [0, 0.1) is 15.9 Å². The number of amides is 1. The van der Waals surface area contributed by atoms with Crippen molar-refractivity contribution in [2.45, 2.75) is 0 Å². The van der Waals surface area contributed by atoms with Crippen molar-refractivity contribution in [3.8, 4) is 0 Å². The predicted molar refractivity (Wildman–Crippen MR) is 67.4 cm³/mol. The molecular formula is C11H12FN3O5. The van der Waals surface area contributed by atoms with Gasteiger partial charge in [0.05, 0.1) is 23.2 Å². The van der Waals surface area contributed by atoms with E-state index >= 15 is 0 Å². The molecule has 0 fully saturated rings. The number of nitro groups is 1. The highest BCUT2D eigenvalue weighted by molar-refractivity contribution is 5.94. The number of hydrogen-bond donors (Lipinski definition) is 2. The lowest BCUT2D eigenvalue weighted by atomic mass is 10.1. The van der Waals surface area contributed by atoms with Crippen LogP contribution < -0.4 is 10.2 Å². The van der Waals surface area contributed by atoms with E-state index in [1.165, 1.54) is 14.1 Å². The molecule has 0 unspecified atom stereocenters. The molecule has 1 rings (SSSR count). The number of rotatable bonds is 5. The second-order valence-corrected chi connectivity index (χ2v) is 3.91. The van der Waals surface area contributed by atoms with E-state index in [2.05, 4.69) is 5.32 Å². The lowest BCUT2D eigenvalue weighted by Gasteiger charge is -2.19. The summed E-state index contributed by atoms with van der Waals surface area (Å²) in [7, 11) is 2.76. The van der Waals surface area contributed by atoms with Gasteiger partial charge < -0.3 is 15.3 Å². The molecular weight excluding hydrogens is 273 g/mol. The van der Waals surface area contributed by atoms with Crippen LogP contribution in [0.4, 0.5) is 15.8 Å². The van der Waals surface area contributed by atoms with Crippen molar-refractivity contribution in [3.63, 3.8) is 0 Å². The van der Waals surface area contributed by atoms with E-state index in [1.54, 1.807) is 0 Å². The fraction of sp³-hybridized carbons (Fsp3) is 0.273. The summed E-state index contributed by atoms with van der Waals surface area (Å²) >= 11 is 0. The molecule has 1 aromatic carbocycles. The maximum Gasteiger partial charge on any atom is 0.342 e. The third kappa shape index (κ3) is 3.19. The van der Waals surface area contributed by atoms with Crippen LogP contribution in [0.5, 0.6) is 0 Å². The average molecular weight is 285 g/mol. The monoisotopic (exact) mass is 285 g/mol. The van der Waals surface area contributed by atoms with Crippen molar-refractivity contribution in [2.75, 3.05) is 25.5 Å². The quantitative estimate of drug-likeness (QED) is 0.605. The van der Waals surface area contributed by atoms with Crippen LogP contribution in [0.3, 0.4) is 0 Å². The van der Waals surface area contributed by atoms with Crippen molar-refractivity contribution in [1.29, 1.82) is 0 Å². The highest BCUT2D eigenvalue weighted by Crippen LogP contribution is 2.28. The molecule has 2 N–H and O–H groups in total. The molecule has 9 heteroatoms. The highest BCUT2D eigenvalue weighted by Gasteiger charge is 2.24. The van der Waals surface area contributed by atoms with Gasteiger partial charge in [-0.2, -0.15) is 0 Å². The summed E-state index contributed by atoms with van der Waals surface area (Å²) in [6.45, 7) is -0.218. The van der Waals surface area contributed by atoms with E-state index in [-0.39, 0.29) is 12.2 Å². The summed E-state index contributed by atoms with van der Waals surface area (Å²) in [6, 6.07) is 1.36. The van der Waals surface area contributed by atoms with Gasteiger partial charge in [-0.3, -0.25) is 14.9 Å². The second kappa shape index (κ2) is 5.95. The number of likely N-dealkylation sites (N-methyl/N-ethyl adjacent to an activating group) is 2. The first-order valence-electron chi connectivity index (χ1n) is 5.40. The zero-order valence-corrected chi connectivity index (χ0v) is 10.7. The standard InChI is InChI=1S/C11H12FN3O5/c1-13-10(16)5-14(2)9-3-6(11(17)18)8(15(19)20)4-7(9)12/h3-4H,5H2,1-2H3,(H,13,16)(H,17,18). The molecule has 0 aromatic heterocycles. The Kier molecular flexibility index (Phi) is 4.57. The number of carbonyl (C=O) groups is 2. The molecule has 0 saturated carbocycles. The first kappa shape index (κ1) is 15.3. The summed E-state index contributed by atoms with van der Waals surface area (Å²) in [5.41, 5.74) is -1.70. The maximum absolute atomic E-state index is 13.8. The van der Waals surface area contributed by atoms with E-state index < -0.39 is 33.9 Å². The van der Waals surface area contributed by atoms with Gasteiger partial charge in [0.15, 0.2) is 5.82 Å². The van der Waals surface area contributed by atoms with E-state index in [0.717, 1.165) is 11.0 Å². The fourth-order valence-corrected chi connectivity index (χ4v) is 1.55. The van der Waals surface area contributed by atoms with Crippen LogP contribution in [0.15, 0.2) is 12.1 Å². The Labute approximate surface area is 113 Å². The Hall–Kier alpha value is -2.71. The minimum atomic E-state index is -1.55. The molecule has 0 heterocycles. The maximum atomic E-state index is 13.8. The Morgan fingerprint density at radius 1 is 1.50 bits per heavy atom. The third-order valence-electron chi connectivity index (χ3n) is 2.56. The molecule has 0 atom stereocenters. The largest absolute Gasteiger partial charge is 0.477 e. The van der Waals surface area contributed by atoms with Crippen LogP contribution >= 0.6 is 0 Å². The van der Waals surface area contributed by atoms with E-state index in [9.17, 15) is 24.1 Å². The minimum absolute atomic E-state index is 0.211. The zero-order valence-electron chi connectivity index (χ0n) is 10.7. The number of hydrogen-bond acceptors (Lipinski definition) is 5. The summed E-state index contributed by atoms with van der Waals surface area (Å²) in [5.74, 6) is -2.94. The van der Waals surface area contributed by atoms with Crippen LogP contribution in [0.25, 0.3) is 0 Å². The number of aromatic carboxylic acids is 1. The Morgan fingerprint density at radius 2 is 2.10 bits per heavy atom. The number of nitrogens with zero attached hydrogens (tertiary/aromatic N) is 2. The molecule has 0 saturated heterocycles. The van der Waals surface area contributed by atoms with Gasteiger partial charge in [-0.1, -0.05) is 0 Å². The Balaban J connectivity index is 3.28. The lowest BCUT2D eigenvalue weighted by Crippen LogP contribution is -2.33. The van der Waals surface area contributed by atoms with E-state index in [1.807, 2.05) is 0 Å². The number of carbonyl (C=O) groups excluding carboxylic acids is 1. The van der Waals surface area contributed by atoms with Crippen molar-refractivity contribution in [2.24, 2.45) is 0 Å². The van der Waals surface area contributed by atoms with Gasteiger partial charge in [0.25, 0.3) is 5.69 Å². The Bertz CT molecular complexity index is 575. The lowest BCUT2D eigenvalue weighted by molar-refractivity contribution is -0.385. The van der Waals surface area contributed by atoms with Gasteiger partial charge >= 0.3 is 5.97 Å². The number of benzene rings is 1. The predicted octanol–water partition coefficient (Wildman–Crippen LogP) is 0.614. The molecule has 0 aliphatic carbocycles. The van der Waals surface area contributed by atoms with Crippen molar-refractivity contribution in [3.05, 3.63) is 33.6 Å². The first-order valence-corrected chi connectivity index (χ1v) is 5.40. The fourth-order valence-electron chi connectivity index (χ4n) is 1.55. The number of carboxylic acid groups (broad SMARTS) is 1. The van der Waals surface area contributed by atoms with Crippen LogP contribution in [-0.2, 0) is 4.79 Å². The van der Waals surface area contributed by atoms with E-state index in [4.69, 9.17) is 5.11 Å². The van der Waals surface area contributed by atoms with Crippen LogP contribution in [-0.4, -0.2) is 42.5 Å². The number of carboxylic acids is 1. The SMILES string of the molecule is CNC(=O)CN(C)c1cc(C(=O)O)c([N+](=O)[O-])cc1F. The van der Waals surface area contributed by atoms with Gasteiger partial charge in [0.2, 0.25) is 5.91 Å². The van der Waals surface area contributed by atoms with Crippen molar-refractivity contribution >= 4 is 23.3 Å². The van der Waals surface area contributed by atoms with Gasteiger partial charge in [0, 0.05) is 14.1 Å². The molecule has 0 radical (unpaired) electrons. The number of anilines is 1. The molecule has 1 amide bonds. The van der Waals surface area contributed by atoms with Gasteiger partial charge in [-0.15, -0.1) is 0 Å². The summed E-state index contributed by atoms with van der Waals surface area (Å²) < 4.78 is 13.8. The average Bonchev–Trinajstić information content (AvgIpc) is 2.37. The van der Waals surface area contributed by atoms with Crippen molar-refractivity contribution < 1.29 is 24.0 Å². The summed E-state index contributed by atoms with van der Waals surface area (Å²) in [6.07, 6.45) is 0. The molecule has 1 aromatic rings. The smallest absolute Gasteiger partial charge is 0.342 e. The molecule has 0 aliphatic rings. The summed E-state index contributed by atoms with van der Waals surface area (Å²) in [5, 5.41) is 21.9. The number of nitro benzene ring substituents is 1. The first-order chi connectivity index (χ1) is 9.27. The van der Waals surface area contributed by atoms with Gasteiger partial charge in [0.1, 0.15) is 5.56 Å². The van der Waals surface area contributed by atoms with Gasteiger partial charge in [-0.05, 0) is 6.07 Å². The third-order valence-corrected chi connectivity index (χ3v) is 2.56. The van der Waals surface area contributed by atoms with E-state index in [0.29, 0.717) is 6.07 Å². The minimum Gasteiger partial charge on any atom is -0.477 e. The highest BCUT2D eigenvalue weighted by atomic mass is 19.1. The molecule has 0 aliphatic heterocycles. The van der Waals surface area contributed by atoms with Crippen molar-refractivity contribution in [1.82, 2.24) is 5.32 Å². The molecule has 8 nitrogen and oxygen atoms in total. The van der Waals surface area contributed by atoms with Crippen LogP contribution in [0.2, 0.25) is 0 Å². The Morgan fingerprint density at radius 3 is 2.55 bits per heavy atom. The number of nitrogens with one attached hydrogen (secondary N) is 1. The molecule has 0 bridgehead atoms. The molecule has 108 valence electrons. The zero-order chi connectivity index (χ0) is 15.4. The molecule has 20 heavy (non-hydrogen) atoms. The normalized spacial score (nSPS) is 9.95.